The average molecular weight is 351 g/mol. The van der Waals surface area contributed by atoms with Crippen LogP contribution in [-0.2, 0) is 20.7 Å². The molecule has 1 fully saturated rings. The lowest BCUT2D eigenvalue weighted by atomic mass is 10.1. The highest BCUT2D eigenvalue weighted by molar-refractivity contribution is 5.91. The molecule has 0 bridgehead atoms. The number of carbonyl (C=O) groups excluding carboxylic acids is 3. The minimum absolute atomic E-state index is 0.208. The monoisotopic (exact) mass is 351 g/mol. The van der Waals surface area contributed by atoms with E-state index in [-0.39, 0.29) is 12.3 Å². The molecular weight excluding hydrogens is 326 g/mol. The Labute approximate surface area is 146 Å². The van der Waals surface area contributed by atoms with Crippen molar-refractivity contribution in [2.24, 2.45) is 5.73 Å². The van der Waals surface area contributed by atoms with Crippen molar-refractivity contribution < 1.29 is 19.1 Å². The highest BCUT2D eigenvalue weighted by atomic mass is 16.6. The van der Waals surface area contributed by atoms with E-state index in [9.17, 15) is 14.4 Å². The second-order valence-electron chi connectivity index (χ2n) is 7.07. The van der Waals surface area contributed by atoms with Gasteiger partial charge in [-0.2, -0.15) is 0 Å². The minimum atomic E-state index is -0.879. The van der Waals surface area contributed by atoms with Gasteiger partial charge in [0.2, 0.25) is 11.8 Å². The van der Waals surface area contributed by atoms with Gasteiger partial charge in [0.1, 0.15) is 17.7 Å². The molecule has 9 nitrogen and oxygen atoms in total. The summed E-state index contributed by atoms with van der Waals surface area (Å²) in [5, 5.41) is 2.60. The third-order valence-corrected chi connectivity index (χ3v) is 3.83. The van der Waals surface area contributed by atoms with E-state index in [4.69, 9.17) is 10.5 Å². The molecule has 1 aromatic heterocycles. The Bertz CT molecular complexity index is 623. The number of nitrogens with two attached hydrogens (primary N) is 1. The first-order valence-corrected chi connectivity index (χ1v) is 8.24. The molecule has 9 heteroatoms. The minimum Gasteiger partial charge on any atom is -0.444 e. The van der Waals surface area contributed by atoms with Gasteiger partial charge < -0.3 is 25.7 Å². The van der Waals surface area contributed by atoms with E-state index in [0.717, 1.165) is 0 Å². The zero-order valence-corrected chi connectivity index (χ0v) is 14.7. The van der Waals surface area contributed by atoms with Gasteiger partial charge in [-0.05, 0) is 33.6 Å². The molecule has 0 spiro atoms. The van der Waals surface area contributed by atoms with E-state index in [1.54, 1.807) is 27.0 Å². The number of aromatic amines is 1. The van der Waals surface area contributed by atoms with Crippen LogP contribution in [0.1, 0.15) is 39.3 Å². The highest BCUT2D eigenvalue weighted by Crippen LogP contribution is 2.19. The number of primary amides is 1. The van der Waals surface area contributed by atoms with Crippen LogP contribution in [0.2, 0.25) is 0 Å². The second kappa shape index (κ2) is 7.54. The number of aromatic nitrogens is 2. The number of imidazole rings is 1. The normalized spacial score (nSPS) is 18.7. The van der Waals surface area contributed by atoms with Crippen molar-refractivity contribution in [3.8, 4) is 0 Å². The molecule has 1 aliphatic rings. The van der Waals surface area contributed by atoms with E-state index < -0.39 is 29.7 Å². The largest absolute Gasteiger partial charge is 0.444 e. The molecule has 0 aromatic carbocycles. The number of hydrogen-bond donors (Lipinski definition) is 3. The first-order chi connectivity index (χ1) is 11.7. The Morgan fingerprint density at radius 3 is 2.76 bits per heavy atom. The van der Waals surface area contributed by atoms with Crippen LogP contribution in [0.4, 0.5) is 4.79 Å². The molecule has 0 unspecified atom stereocenters. The fraction of sp³-hybridized carbons (Fsp3) is 0.625. The Kier molecular flexibility index (Phi) is 5.66. The molecule has 2 heterocycles. The Morgan fingerprint density at radius 2 is 2.20 bits per heavy atom. The topological polar surface area (TPSA) is 130 Å². The van der Waals surface area contributed by atoms with Gasteiger partial charge in [0, 0.05) is 24.9 Å². The molecular formula is C16H25N5O4. The summed E-state index contributed by atoms with van der Waals surface area (Å²) in [6.07, 6.45) is 3.81. The lowest BCUT2D eigenvalue weighted by molar-refractivity contribution is -0.139. The zero-order chi connectivity index (χ0) is 18.6. The molecule has 138 valence electrons. The van der Waals surface area contributed by atoms with Crippen molar-refractivity contribution >= 4 is 17.9 Å². The van der Waals surface area contributed by atoms with Crippen LogP contribution in [0.15, 0.2) is 12.5 Å². The molecule has 1 aliphatic heterocycles. The average Bonchev–Trinajstić information content (AvgIpc) is 3.14. The second-order valence-corrected chi connectivity index (χ2v) is 7.07. The lowest BCUT2D eigenvalue weighted by Crippen LogP contribution is -2.54. The first-order valence-electron chi connectivity index (χ1n) is 8.24. The summed E-state index contributed by atoms with van der Waals surface area (Å²) < 4.78 is 5.24. The third-order valence-electron chi connectivity index (χ3n) is 3.83. The van der Waals surface area contributed by atoms with Crippen molar-refractivity contribution in [3.63, 3.8) is 0 Å². The Balaban J connectivity index is 2.14. The number of nitrogens with one attached hydrogen (secondary N) is 2. The summed E-state index contributed by atoms with van der Waals surface area (Å²) in [5.74, 6) is -0.898. The van der Waals surface area contributed by atoms with Crippen molar-refractivity contribution in [3.05, 3.63) is 18.2 Å². The standard InChI is InChI=1S/C16H25N5O4/c1-16(2,3)25-15(24)20-11(7-10-8-18-9-19-10)14(23)21-6-4-5-12(21)13(17)22/h8-9,11-12H,4-7H2,1-3H3,(H2,17,22)(H,18,19)(H,20,24)/t11-,12-/m0/s1. The predicted octanol–water partition coefficient (Wildman–Crippen LogP) is 0.322. The maximum Gasteiger partial charge on any atom is 0.408 e. The highest BCUT2D eigenvalue weighted by Gasteiger charge is 2.37. The van der Waals surface area contributed by atoms with Crippen molar-refractivity contribution in [1.82, 2.24) is 20.2 Å². The molecule has 2 atom stereocenters. The summed E-state index contributed by atoms with van der Waals surface area (Å²) in [4.78, 5) is 44.8. The molecule has 0 radical (unpaired) electrons. The molecule has 1 saturated heterocycles. The Hall–Kier alpha value is -2.58. The number of carbonyl (C=O) groups is 3. The number of alkyl carbamates (subject to hydrolysis) is 1. The van der Waals surface area contributed by atoms with E-state index in [2.05, 4.69) is 15.3 Å². The van der Waals surface area contributed by atoms with E-state index in [0.29, 0.717) is 25.1 Å². The van der Waals surface area contributed by atoms with Gasteiger partial charge >= 0.3 is 6.09 Å². The van der Waals surface area contributed by atoms with E-state index in [1.807, 2.05) is 0 Å². The van der Waals surface area contributed by atoms with Crippen LogP contribution in [0.25, 0.3) is 0 Å². The van der Waals surface area contributed by atoms with Gasteiger partial charge in [0.05, 0.1) is 6.33 Å². The van der Waals surface area contributed by atoms with Gasteiger partial charge in [0.15, 0.2) is 0 Å². The summed E-state index contributed by atoms with van der Waals surface area (Å²) in [7, 11) is 0. The first kappa shape index (κ1) is 18.8. The number of amides is 3. The summed E-state index contributed by atoms with van der Waals surface area (Å²) in [6.45, 7) is 5.65. The van der Waals surface area contributed by atoms with Crippen molar-refractivity contribution in [1.29, 1.82) is 0 Å². The molecule has 2 rings (SSSR count). The number of ether oxygens (including phenoxy) is 1. The number of nitrogens with zero attached hydrogens (tertiary/aromatic N) is 2. The van der Waals surface area contributed by atoms with Crippen LogP contribution in [0.3, 0.4) is 0 Å². The van der Waals surface area contributed by atoms with Crippen molar-refractivity contribution in [2.45, 2.75) is 57.7 Å². The van der Waals surface area contributed by atoms with Gasteiger partial charge in [-0.25, -0.2) is 9.78 Å². The molecule has 4 N–H and O–H groups in total. The van der Waals surface area contributed by atoms with Gasteiger partial charge in [-0.1, -0.05) is 0 Å². The van der Waals surface area contributed by atoms with Gasteiger partial charge in [-0.3, -0.25) is 9.59 Å². The Morgan fingerprint density at radius 1 is 1.48 bits per heavy atom. The van der Waals surface area contributed by atoms with Crippen LogP contribution in [-0.4, -0.2) is 57.0 Å². The SMILES string of the molecule is CC(C)(C)OC(=O)N[C@@H](Cc1cnc[nH]1)C(=O)N1CCC[C@H]1C(N)=O. The molecule has 0 aliphatic carbocycles. The molecule has 0 saturated carbocycles. The van der Waals surface area contributed by atoms with Gasteiger partial charge in [-0.15, -0.1) is 0 Å². The third kappa shape index (κ3) is 5.20. The van der Waals surface area contributed by atoms with Crippen LogP contribution < -0.4 is 11.1 Å². The maximum absolute atomic E-state index is 12.9. The smallest absolute Gasteiger partial charge is 0.408 e. The van der Waals surface area contributed by atoms with Crippen LogP contribution >= 0.6 is 0 Å². The van der Waals surface area contributed by atoms with Crippen molar-refractivity contribution in [2.75, 3.05) is 6.54 Å². The maximum atomic E-state index is 12.9. The van der Waals surface area contributed by atoms with Crippen LogP contribution in [0, 0.1) is 0 Å². The quantitative estimate of drug-likeness (QED) is 0.703. The number of H-pyrrole nitrogens is 1. The zero-order valence-electron chi connectivity index (χ0n) is 14.7. The molecule has 1 aromatic rings. The van der Waals surface area contributed by atoms with Crippen LogP contribution in [0.5, 0.6) is 0 Å². The number of rotatable bonds is 5. The fourth-order valence-corrected chi connectivity index (χ4v) is 2.79. The molecule has 25 heavy (non-hydrogen) atoms. The molecule has 3 amide bonds. The summed E-state index contributed by atoms with van der Waals surface area (Å²) in [6, 6.07) is -1.52. The van der Waals surface area contributed by atoms with E-state index >= 15 is 0 Å². The predicted molar refractivity (Wildman–Crippen MR) is 89.4 cm³/mol. The van der Waals surface area contributed by atoms with E-state index in [1.165, 1.54) is 11.2 Å². The lowest BCUT2D eigenvalue weighted by Gasteiger charge is -2.28. The summed E-state index contributed by atoms with van der Waals surface area (Å²) in [5.41, 5.74) is 5.38. The number of likely N-dealkylation sites (tertiary alicyclic amines) is 1. The number of hydrogen-bond acceptors (Lipinski definition) is 5. The fourth-order valence-electron chi connectivity index (χ4n) is 2.79. The summed E-state index contributed by atoms with van der Waals surface area (Å²) >= 11 is 0. The van der Waals surface area contributed by atoms with Gasteiger partial charge in [0.25, 0.3) is 0 Å².